The Morgan fingerprint density at radius 2 is 1.67 bits per heavy atom. The predicted octanol–water partition coefficient (Wildman–Crippen LogP) is 2.35. The van der Waals surface area contributed by atoms with Crippen molar-refractivity contribution in [1.82, 2.24) is 10.2 Å². The van der Waals surface area contributed by atoms with Gasteiger partial charge in [0.25, 0.3) is 0 Å². The van der Waals surface area contributed by atoms with Gasteiger partial charge in [-0.1, -0.05) is 36.2 Å². The van der Waals surface area contributed by atoms with Gasteiger partial charge >= 0.3 is 0 Å². The predicted molar refractivity (Wildman–Crippen MR) is 82.8 cm³/mol. The number of nitrogens with zero attached hydrogens (tertiary/aromatic N) is 1. The molecule has 1 N–H and O–H groups in total. The summed E-state index contributed by atoms with van der Waals surface area (Å²) in [6.45, 7) is 6.47. The number of piperidine rings is 1. The number of rotatable bonds is 4. The maximum absolute atomic E-state index is 12.1. The summed E-state index contributed by atoms with van der Waals surface area (Å²) < 4.78 is 0. The molecule has 4 heteroatoms. The summed E-state index contributed by atoms with van der Waals surface area (Å²) in [5.41, 5.74) is 3.50. The van der Waals surface area contributed by atoms with Gasteiger partial charge < -0.3 is 5.32 Å². The lowest BCUT2D eigenvalue weighted by Gasteiger charge is -2.31. The van der Waals surface area contributed by atoms with Gasteiger partial charge in [0.1, 0.15) is 0 Å². The van der Waals surface area contributed by atoms with Crippen molar-refractivity contribution in [2.75, 3.05) is 13.6 Å². The highest BCUT2D eigenvalue weighted by atomic mass is 16.2. The molecule has 0 aliphatic carbocycles. The van der Waals surface area contributed by atoms with E-state index < -0.39 is 0 Å². The van der Waals surface area contributed by atoms with E-state index in [9.17, 15) is 9.59 Å². The SMILES string of the molecule is CNC(CN1C(=O)CC(C)CC1=O)c1cc(C)cc(C)c1. The molecule has 0 radical (unpaired) electrons. The minimum absolute atomic E-state index is 0.0232. The van der Waals surface area contributed by atoms with E-state index in [0.29, 0.717) is 19.4 Å². The first kappa shape index (κ1) is 15.7. The number of imide groups is 1. The summed E-state index contributed by atoms with van der Waals surface area (Å²) in [7, 11) is 1.86. The van der Waals surface area contributed by atoms with Crippen LogP contribution >= 0.6 is 0 Å². The van der Waals surface area contributed by atoms with E-state index in [1.165, 1.54) is 16.0 Å². The van der Waals surface area contributed by atoms with Gasteiger partial charge in [0.2, 0.25) is 11.8 Å². The van der Waals surface area contributed by atoms with Crippen molar-refractivity contribution < 1.29 is 9.59 Å². The molecule has 0 bridgehead atoms. The van der Waals surface area contributed by atoms with Gasteiger partial charge in [0.05, 0.1) is 6.04 Å². The molecule has 114 valence electrons. The van der Waals surface area contributed by atoms with Crippen molar-refractivity contribution in [3.63, 3.8) is 0 Å². The highest BCUT2D eigenvalue weighted by molar-refractivity contribution is 5.97. The van der Waals surface area contributed by atoms with Crippen molar-refractivity contribution in [2.45, 2.75) is 39.7 Å². The van der Waals surface area contributed by atoms with E-state index in [0.717, 1.165) is 5.56 Å². The fourth-order valence-electron chi connectivity index (χ4n) is 2.99. The zero-order chi connectivity index (χ0) is 15.6. The number of likely N-dealkylation sites (N-methyl/N-ethyl adjacent to an activating group) is 1. The molecule has 0 saturated carbocycles. The maximum atomic E-state index is 12.1. The molecule has 1 aromatic rings. The van der Waals surface area contributed by atoms with Gasteiger partial charge in [0, 0.05) is 19.4 Å². The average molecular weight is 288 g/mol. The smallest absolute Gasteiger partial charge is 0.229 e. The zero-order valence-electron chi connectivity index (χ0n) is 13.3. The summed E-state index contributed by atoms with van der Waals surface area (Å²) in [4.78, 5) is 25.6. The molecule has 0 spiro atoms. The number of carbonyl (C=O) groups is 2. The molecule has 1 aliphatic heterocycles. The van der Waals surface area contributed by atoms with Crippen LogP contribution in [0.3, 0.4) is 0 Å². The Labute approximate surface area is 126 Å². The van der Waals surface area contributed by atoms with Crippen LogP contribution in [0.2, 0.25) is 0 Å². The highest BCUT2D eigenvalue weighted by Crippen LogP contribution is 2.23. The third-order valence-electron chi connectivity index (χ3n) is 4.01. The summed E-state index contributed by atoms with van der Waals surface area (Å²) in [6, 6.07) is 6.31. The Hall–Kier alpha value is -1.68. The Bertz CT molecular complexity index is 515. The molecule has 1 aliphatic rings. The number of likely N-dealkylation sites (tertiary alicyclic amines) is 1. The fourth-order valence-corrected chi connectivity index (χ4v) is 2.99. The number of benzene rings is 1. The van der Waals surface area contributed by atoms with E-state index >= 15 is 0 Å². The lowest BCUT2D eigenvalue weighted by atomic mass is 9.96. The summed E-state index contributed by atoms with van der Waals surface area (Å²) in [5, 5.41) is 3.23. The molecular formula is C17H24N2O2. The molecule has 4 nitrogen and oxygen atoms in total. The second kappa shape index (κ2) is 6.39. The van der Waals surface area contributed by atoms with Gasteiger partial charge in [-0.15, -0.1) is 0 Å². The molecular weight excluding hydrogens is 264 g/mol. The molecule has 1 heterocycles. The number of carbonyl (C=O) groups excluding carboxylic acids is 2. The van der Waals surface area contributed by atoms with Crippen molar-refractivity contribution >= 4 is 11.8 Å². The Morgan fingerprint density at radius 3 is 2.14 bits per heavy atom. The lowest BCUT2D eigenvalue weighted by molar-refractivity contribution is -0.150. The van der Waals surface area contributed by atoms with Gasteiger partial charge in [-0.25, -0.2) is 0 Å². The third-order valence-corrected chi connectivity index (χ3v) is 4.01. The second-order valence-corrected chi connectivity index (χ2v) is 6.17. The first-order chi connectivity index (χ1) is 9.90. The normalized spacial score (nSPS) is 18.2. The topological polar surface area (TPSA) is 49.4 Å². The first-order valence-corrected chi connectivity index (χ1v) is 7.49. The van der Waals surface area contributed by atoms with Gasteiger partial charge in [-0.05, 0) is 32.4 Å². The molecule has 1 unspecified atom stereocenters. The Kier molecular flexibility index (Phi) is 4.78. The molecule has 1 saturated heterocycles. The first-order valence-electron chi connectivity index (χ1n) is 7.49. The van der Waals surface area contributed by atoms with Crippen molar-refractivity contribution in [1.29, 1.82) is 0 Å². The van der Waals surface area contributed by atoms with Gasteiger partial charge in [0.15, 0.2) is 0 Å². The highest BCUT2D eigenvalue weighted by Gasteiger charge is 2.31. The van der Waals surface area contributed by atoms with E-state index in [-0.39, 0.29) is 23.8 Å². The Morgan fingerprint density at radius 1 is 1.14 bits per heavy atom. The van der Waals surface area contributed by atoms with E-state index in [1.54, 1.807) is 0 Å². The molecule has 2 amide bonds. The average Bonchev–Trinajstić information content (AvgIpc) is 2.36. The number of nitrogens with one attached hydrogen (secondary N) is 1. The van der Waals surface area contributed by atoms with Crippen LogP contribution in [-0.4, -0.2) is 30.3 Å². The minimum Gasteiger partial charge on any atom is -0.312 e. The number of hydrogen-bond donors (Lipinski definition) is 1. The van der Waals surface area contributed by atoms with Crippen molar-refractivity contribution in [3.8, 4) is 0 Å². The molecule has 1 atom stereocenters. The van der Waals surface area contributed by atoms with Gasteiger partial charge in [-0.2, -0.15) is 0 Å². The zero-order valence-corrected chi connectivity index (χ0v) is 13.3. The number of aryl methyl sites for hydroxylation is 2. The lowest BCUT2D eigenvalue weighted by Crippen LogP contribution is -2.46. The minimum atomic E-state index is -0.0524. The fraction of sp³-hybridized carbons (Fsp3) is 0.529. The number of amides is 2. The quantitative estimate of drug-likeness (QED) is 0.865. The van der Waals surface area contributed by atoms with Crippen molar-refractivity contribution in [3.05, 3.63) is 34.9 Å². The van der Waals surface area contributed by atoms with Crippen LogP contribution in [0.15, 0.2) is 18.2 Å². The second-order valence-electron chi connectivity index (χ2n) is 6.17. The van der Waals surface area contributed by atoms with Gasteiger partial charge in [-0.3, -0.25) is 14.5 Å². The van der Waals surface area contributed by atoms with E-state index in [1.807, 2.05) is 14.0 Å². The van der Waals surface area contributed by atoms with Crippen LogP contribution < -0.4 is 5.32 Å². The van der Waals surface area contributed by atoms with Crippen LogP contribution in [0.25, 0.3) is 0 Å². The third kappa shape index (κ3) is 3.70. The molecule has 0 aromatic heterocycles. The van der Waals surface area contributed by atoms with E-state index in [4.69, 9.17) is 0 Å². The number of hydrogen-bond acceptors (Lipinski definition) is 3. The summed E-state index contributed by atoms with van der Waals surface area (Å²) >= 11 is 0. The summed E-state index contributed by atoms with van der Waals surface area (Å²) in [5.74, 6) is 0.0576. The molecule has 1 fully saturated rings. The standard InChI is InChI=1S/C17H24N2O2/c1-11-5-12(2)7-14(6-11)15(18-4)10-19-16(20)8-13(3)9-17(19)21/h5-7,13,15,18H,8-10H2,1-4H3. The monoisotopic (exact) mass is 288 g/mol. The molecule has 1 aromatic carbocycles. The van der Waals surface area contributed by atoms with Crippen molar-refractivity contribution in [2.24, 2.45) is 5.92 Å². The van der Waals surface area contributed by atoms with Crippen LogP contribution in [0.1, 0.15) is 42.5 Å². The van der Waals surface area contributed by atoms with Crippen LogP contribution in [0.5, 0.6) is 0 Å². The Balaban J connectivity index is 2.18. The van der Waals surface area contributed by atoms with Crippen LogP contribution in [0, 0.1) is 19.8 Å². The van der Waals surface area contributed by atoms with Crippen LogP contribution in [-0.2, 0) is 9.59 Å². The van der Waals surface area contributed by atoms with Crippen LogP contribution in [0.4, 0.5) is 0 Å². The van der Waals surface area contributed by atoms with E-state index in [2.05, 4.69) is 37.4 Å². The molecule has 21 heavy (non-hydrogen) atoms. The maximum Gasteiger partial charge on any atom is 0.229 e. The largest absolute Gasteiger partial charge is 0.312 e. The molecule has 2 rings (SSSR count). The summed E-state index contributed by atoms with van der Waals surface area (Å²) in [6.07, 6.45) is 0.935.